The highest BCUT2D eigenvalue weighted by Crippen LogP contribution is 2.51. The number of nitrogens with zero attached hydrogens (tertiary/aromatic N) is 3. The molecule has 0 saturated heterocycles. The van der Waals surface area contributed by atoms with Crippen LogP contribution in [0.25, 0.3) is 0 Å². The Kier molecular flexibility index (Phi) is 4.81. The molecule has 2 atom stereocenters. The van der Waals surface area contributed by atoms with Crippen molar-refractivity contribution in [3.8, 4) is 0 Å². The summed E-state index contributed by atoms with van der Waals surface area (Å²) >= 11 is 0. The highest BCUT2D eigenvalue weighted by molar-refractivity contribution is 5.97. The van der Waals surface area contributed by atoms with Gasteiger partial charge in [0.2, 0.25) is 0 Å². The molecular weight excluding hydrogens is 352 g/mol. The molecule has 146 valence electrons. The van der Waals surface area contributed by atoms with Crippen LogP contribution in [0.3, 0.4) is 0 Å². The molecule has 9 heteroatoms. The van der Waals surface area contributed by atoms with Crippen molar-refractivity contribution in [2.24, 2.45) is 5.41 Å². The van der Waals surface area contributed by atoms with Gasteiger partial charge in [-0.05, 0) is 19.4 Å². The van der Waals surface area contributed by atoms with E-state index in [9.17, 15) is 14.7 Å². The Bertz CT molecular complexity index is 856. The number of aryl methyl sites for hydroxylation is 1. The highest BCUT2D eigenvalue weighted by Gasteiger charge is 2.66. The van der Waals surface area contributed by atoms with Crippen LogP contribution in [0.5, 0.6) is 0 Å². The maximum atomic E-state index is 12.6. The Labute approximate surface area is 156 Å². The van der Waals surface area contributed by atoms with Gasteiger partial charge in [-0.2, -0.15) is 5.10 Å². The van der Waals surface area contributed by atoms with E-state index in [1.807, 2.05) is 20.0 Å². The number of carbonyl (C=O) groups is 2. The van der Waals surface area contributed by atoms with Crippen LogP contribution in [0.4, 0.5) is 0 Å². The van der Waals surface area contributed by atoms with Crippen LogP contribution >= 0.6 is 0 Å². The summed E-state index contributed by atoms with van der Waals surface area (Å²) in [5.74, 6) is -1.23. The fourth-order valence-electron chi connectivity index (χ4n) is 3.50. The molecule has 2 aromatic rings. The van der Waals surface area contributed by atoms with Gasteiger partial charge in [0.05, 0.1) is 12.3 Å². The molecule has 0 spiro atoms. The monoisotopic (exact) mass is 376 g/mol. The van der Waals surface area contributed by atoms with E-state index in [1.165, 1.54) is 6.07 Å². The zero-order valence-electron chi connectivity index (χ0n) is 15.9. The highest BCUT2D eigenvalue weighted by atomic mass is 16.5. The zero-order chi connectivity index (χ0) is 19.8. The number of rotatable bonds is 7. The molecule has 27 heavy (non-hydrogen) atoms. The average molecular weight is 376 g/mol. The maximum absolute atomic E-state index is 12.6. The molecule has 0 aliphatic heterocycles. The number of hydrogen-bond donors (Lipinski definition) is 2. The predicted octanol–water partition coefficient (Wildman–Crippen LogP) is 1.62. The first kappa shape index (κ1) is 19.1. The van der Waals surface area contributed by atoms with Gasteiger partial charge in [0.1, 0.15) is 12.1 Å². The molecule has 1 aliphatic carbocycles. The van der Waals surface area contributed by atoms with Crippen LogP contribution in [-0.4, -0.2) is 50.2 Å². The van der Waals surface area contributed by atoms with Gasteiger partial charge in [-0.1, -0.05) is 19.0 Å². The van der Waals surface area contributed by atoms with Crippen LogP contribution in [-0.2, 0) is 16.1 Å². The van der Waals surface area contributed by atoms with E-state index in [1.54, 1.807) is 24.7 Å². The minimum atomic E-state index is -1.41. The van der Waals surface area contributed by atoms with Crippen molar-refractivity contribution < 1.29 is 24.0 Å². The van der Waals surface area contributed by atoms with Crippen molar-refractivity contribution in [2.75, 3.05) is 6.61 Å². The number of nitrogens with one attached hydrogen (secondary N) is 1. The fraction of sp³-hybridized carbons (Fsp3) is 0.556. The molecular formula is C18H24N4O5. The predicted molar refractivity (Wildman–Crippen MR) is 94.2 cm³/mol. The van der Waals surface area contributed by atoms with Crippen LogP contribution in [0.1, 0.15) is 49.0 Å². The van der Waals surface area contributed by atoms with Gasteiger partial charge in [-0.25, -0.2) is 4.79 Å². The van der Waals surface area contributed by atoms with E-state index in [4.69, 9.17) is 9.26 Å². The Balaban J connectivity index is 1.73. The Hall–Kier alpha value is -2.68. The lowest BCUT2D eigenvalue weighted by atomic mass is 9.54. The van der Waals surface area contributed by atoms with Crippen molar-refractivity contribution in [2.45, 2.75) is 52.3 Å². The summed E-state index contributed by atoms with van der Waals surface area (Å²) < 4.78 is 12.5. The second-order valence-electron chi connectivity index (χ2n) is 7.43. The molecule has 2 heterocycles. The summed E-state index contributed by atoms with van der Waals surface area (Å²) in [5.41, 5.74) is -1.14. The van der Waals surface area contributed by atoms with Gasteiger partial charge in [0.15, 0.2) is 11.5 Å². The van der Waals surface area contributed by atoms with E-state index in [2.05, 4.69) is 15.6 Å². The summed E-state index contributed by atoms with van der Waals surface area (Å²) in [6.07, 6.45) is 3.52. The molecule has 2 unspecified atom stereocenters. The third-order valence-electron chi connectivity index (χ3n) is 5.33. The smallest absolute Gasteiger partial charge is 0.330 e. The van der Waals surface area contributed by atoms with Crippen molar-refractivity contribution >= 4 is 11.9 Å². The number of ether oxygens (including phenoxy) is 1. The molecule has 2 N–H and O–H groups in total. The van der Waals surface area contributed by atoms with E-state index in [-0.39, 0.29) is 18.2 Å². The lowest BCUT2D eigenvalue weighted by Gasteiger charge is -2.58. The molecule has 2 aromatic heterocycles. The summed E-state index contributed by atoms with van der Waals surface area (Å²) in [6.45, 7) is 8.14. The molecule has 1 amide bonds. The molecule has 0 bridgehead atoms. The number of carboxylic acid groups (broad SMARTS) is 1. The van der Waals surface area contributed by atoms with E-state index < -0.39 is 22.8 Å². The molecule has 9 nitrogen and oxygen atoms in total. The zero-order valence-corrected chi connectivity index (χ0v) is 15.9. The lowest BCUT2D eigenvalue weighted by Crippen LogP contribution is -2.76. The SMILES string of the molecule is CCOC1CC(NC(=O)c2cc(Cn3cc(C)cn3)on2)(C(=O)O)C1(C)C. The van der Waals surface area contributed by atoms with Gasteiger partial charge in [-0.3, -0.25) is 9.48 Å². The third kappa shape index (κ3) is 3.23. The molecule has 1 fully saturated rings. The largest absolute Gasteiger partial charge is 0.479 e. The minimum absolute atomic E-state index is 0.0326. The van der Waals surface area contributed by atoms with E-state index >= 15 is 0 Å². The first-order valence-corrected chi connectivity index (χ1v) is 8.82. The first-order chi connectivity index (χ1) is 12.7. The third-order valence-corrected chi connectivity index (χ3v) is 5.33. The lowest BCUT2D eigenvalue weighted by molar-refractivity contribution is -0.190. The number of aromatic nitrogens is 3. The average Bonchev–Trinajstić information content (AvgIpc) is 3.22. The van der Waals surface area contributed by atoms with Crippen LogP contribution in [0, 0.1) is 12.3 Å². The summed E-state index contributed by atoms with van der Waals surface area (Å²) in [5, 5.41) is 20.3. The van der Waals surface area contributed by atoms with Gasteiger partial charge >= 0.3 is 5.97 Å². The molecule has 1 saturated carbocycles. The summed E-state index contributed by atoms with van der Waals surface area (Å²) in [7, 11) is 0. The maximum Gasteiger partial charge on any atom is 0.330 e. The Morgan fingerprint density at radius 3 is 2.78 bits per heavy atom. The van der Waals surface area contributed by atoms with Crippen molar-refractivity contribution in [3.05, 3.63) is 35.5 Å². The molecule has 0 radical (unpaired) electrons. The topological polar surface area (TPSA) is 119 Å². The normalized spacial score (nSPS) is 23.6. The molecule has 3 rings (SSSR count). The minimum Gasteiger partial charge on any atom is -0.479 e. The van der Waals surface area contributed by atoms with Gasteiger partial charge < -0.3 is 19.7 Å². The van der Waals surface area contributed by atoms with E-state index in [0.29, 0.717) is 18.9 Å². The Morgan fingerprint density at radius 1 is 1.48 bits per heavy atom. The van der Waals surface area contributed by atoms with Crippen molar-refractivity contribution in [1.29, 1.82) is 0 Å². The van der Waals surface area contributed by atoms with E-state index in [0.717, 1.165) is 5.56 Å². The van der Waals surface area contributed by atoms with Crippen LogP contribution in [0.15, 0.2) is 23.0 Å². The Morgan fingerprint density at radius 2 is 2.22 bits per heavy atom. The second-order valence-corrected chi connectivity index (χ2v) is 7.43. The van der Waals surface area contributed by atoms with Gasteiger partial charge in [0, 0.05) is 30.7 Å². The van der Waals surface area contributed by atoms with Crippen molar-refractivity contribution in [1.82, 2.24) is 20.3 Å². The summed E-state index contributed by atoms with van der Waals surface area (Å²) in [4.78, 5) is 24.6. The number of carboxylic acids is 1. The van der Waals surface area contributed by atoms with Crippen molar-refractivity contribution in [3.63, 3.8) is 0 Å². The molecule has 0 aromatic carbocycles. The van der Waals surface area contributed by atoms with Gasteiger partial charge in [0.25, 0.3) is 5.91 Å². The fourth-order valence-corrected chi connectivity index (χ4v) is 3.50. The quantitative estimate of drug-likeness (QED) is 0.753. The van der Waals surface area contributed by atoms with Crippen LogP contribution < -0.4 is 5.32 Å². The first-order valence-electron chi connectivity index (χ1n) is 8.82. The summed E-state index contributed by atoms with van der Waals surface area (Å²) in [6, 6.07) is 1.49. The number of hydrogen-bond acceptors (Lipinski definition) is 6. The van der Waals surface area contributed by atoms with Gasteiger partial charge in [-0.15, -0.1) is 0 Å². The standard InChI is InChI=1S/C18H24N4O5/c1-5-26-14-7-18(16(24)25,17(14,3)4)20-15(23)13-6-12(27-21-13)10-22-9-11(2)8-19-22/h6,8-9,14H,5,7,10H2,1-4H3,(H,20,23)(H,24,25). The number of carbonyl (C=O) groups excluding carboxylic acids is 1. The number of aliphatic carboxylic acids is 1. The van der Waals surface area contributed by atoms with Crippen LogP contribution in [0.2, 0.25) is 0 Å². The second kappa shape index (κ2) is 6.80. The number of amides is 1. The molecule has 1 aliphatic rings.